The van der Waals surface area contributed by atoms with Crippen molar-refractivity contribution in [2.45, 2.75) is 25.6 Å². The lowest BCUT2D eigenvalue weighted by atomic mass is 10.1. The molecule has 1 aromatic heterocycles. The number of hydrogen-bond acceptors (Lipinski definition) is 4. The molecule has 3 N–H and O–H groups in total. The molecule has 0 radical (unpaired) electrons. The number of nitrogens with zero attached hydrogens (tertiary/aromatic N) is 1. The van der Waals surface area contributed by atoms with Crippen molar-refractivity contribution in [2.24, 2.45) is 0 Å². The predicted molar refractivity (Wildman–Crippen MR) is 54.8 cm³/mol. The van der Waals surface area contributed by atoms with Gasteiger partial charge < -0.3 is 15.6 Å². The molecule has 2 unspecified atom stereocenters. The molecular formula is C10H16N2O2. The molecule has 0 aliphatic carbocycles. The highest BCUT2D eigenvalue weighted by Crippen LogP contribution is 2.12. The fraction of sp³-hybridized carbons (Fsp3) is 0.500. The fourth-order valence-corrected chi connectivity index (χ4v) is 1.17. The zero-order valence-corrected chi connectivity index (χ0v) is 8.47. The van der Waals surface area contributed by atoms with Gasteiger partial charge in [-0.3, -0.25) is 0 Å². The third-order valence-electron chi connectivity index (χ3n) is 2.27. The molecule has 4 heteroatoms. The Balaban J connectivity index is 2.64. The summed E-state index contributed by atoms with van der Waals surface area (Å²) in [4.78, 5) is 3.94. The Hall–Kier alpha value is -1.13. The third-order valence-corrected chi connectivity index (χ3v) is 2.27. The number of aliphatic hydroxyl groups is 1. The fourth-order valence-electron chi connectivity index (χ4n) is 1.17. The largest absolute Gasteiger partial charge is 0.390 e. The Kier molecular flexibility index (Phi) is 3.85. The van der Waals surface area contributed by atoms with E-state index in [1.807, 2.05) is 13.0 Å². The Bertz CT molecular complexity index is 291. The summed E-state index contributed by atoms with van der Waals surface area (Å²) in [6, 6.07) is 3.66. The molecule has 4 nitrogen and oxygen atoms in total. The molecule has 0 fully saturated rings. The van der Waals surface area contributed by atoms with Crippen molar-refractivity contribution >= 4 is 5.82 Å². The van der Waals surface area contributed by atoms with Crippen molar-refractivity contribution < 1.29 is 9.84 Å². The first-order valence-corrected chi connectivity index (χ1v) is 4.55. The van der Waals surface area contributed by atoms with Crippen LogP contribution in [-0.4, -0.2) is 29.4 Å². The van der Waals surface area contributed by atoms with Gasteiger partial charge in [0.2, 0.25) is 0 Å². The van der Waals surface area contributed by atoms with Gasteiger partial charge >= 0.3 is 0 Å². The highest BCUT2D eigenvalue weighted by molar-refractivity contribution is 5.38. The summed E-state index contributed by atoms with van der Waals surface area (Å²) in [7, 11) is 1.57. The Morgan fingerprint density at radius 1 is 1.64 bits per heavy atom. The monoisotopic (exact) mass is 196 g/mol. The minimum atomic E-state index is -0.550. The van der Waals surface area contributed by atoms with Crippen LogP contribution >= 0.6 is 0 Å². The van der Waals surface area contributed by atoms with Crippen LogP contribution in [0.1, 0.15) is 12.5 Å². The zero-order valence-electron chi connectivity index (χ0n) is 8.47. The number of rotatable bonds is 4. The van der Waals surface area contributed by atoms with E-state index in [1.54, 1.807) is 19.4 Å². The molecule has 78 valence electrons. The van der Waals surface area contributed by atoms with Crippen LogP contribution in [0.15, 0.2) is 18.3 Å². The van der Waals surface area contributed by atoms with Gasteiger partial charge in [-0.2, -0.15) is 0 Å². The number of methoxy groups -OCH3 is 1. The number of anilines is 1. The predicted octanol–water partition coefficient (Wildman–Crippen LogP) is 0.602. The normalized spacial score (nSPS) is 15.1. The van der Waals surface area contributed by atoms with Gasteiger partial charge in [-0.25, -0.2) is 4.98 Å². The van der Waals surface area contributed by atoms with Crippen LogP contribution in [0, 0.1) is 0 Å². The van der Waals surface area contributed by atoms with Crippen molar-refractivity contribution in [3.8, 4) is 0 Å². The highest BCUT2D eigenvalue weighted by Gasteiger charge is 2.15. The van der Waals surface area contributed by atoms with Crippen LogP contribution in [-0.2, 0) is 11.2 Å². The van der Waals surface area contributed by atoms with Gasteiger partial charge in [0.1, 0.15) is 5.82 Å². The van der Waals surface area contributed by atoms with Crippen LogP contribution < -0.4 is 5.73 Å². The quantitative estimate of drug-likeness (QED) is 0.740. The molecule has 0 aliphatic heterocycles. The number of nitrogens with two attached hydrogens (primary N) is 1. The minimum Gasteiger partial charge on any atom is -0.390 e. The molecule has 0 saturated heterocycles. The maximum atomic E-state index is 9.69. The van der Waals surface area contributed by atoms with E-state index in [2.05, 4.69) is 4.98 Å². The number of nitrogen functional groups attached to an aromatic ring is 1. The van der Waals surface area contributed by atoms with E-state index in [0.717, 1.165) is 5.56 Å². The third kappa shape index (κ3) is 2.68. The lowest BCUT2D eigenvalue weighted by Gasteiger charge is -2.17. The van der Waals surface area contributed by atoms with Crippen molar-refractivity contribution in [1.82, 2.24) is 4.98 Å². The molecule has 1 heterocycles. The highest BCUT2D eigenvalue weighted by atomic mass is 16.5. The maximum absolute atomic E-state index is 9.69. The van der Waals surface area contributed by atoms with E-state index >= 15 is 0 Å². The van der Waals surface area contributed by atoms with E-state index in [-0.39, 0.29) is 6.10 Å². The molecule has 0 aromatic carbocycles. The number of aliphatic hydroxyl groups excluding tert-OH is 1. The number of ether oxygens (including phenoxy) is 1. The first-order valence-electron chi connectivity index (χ1n) is 4.55. The number of aromatic nitrogens is 1. The standard InChI is InChI=1S/C10H16N2O2/c1-7(14-2)9(13)6-8-4-3-5-12-10(8)11/h3-5,7,9,13H,6H2,1-2H3,(H2,11,12). The molecule has 2 atom stereocenters. The van der Waals surface area contributed by atoms with E-state index in [4.69, 9.17) is 10.5 Å². The molecule has 0 amide bonds. The molecule has 1 rings (SSSR count). The van der Waals surface area contributed by atoms with E-state index in [1.165, 1.54) is 0 Å². The van der Waals surface area contributed by atoms with Crippen LogP contribution in [0.3, 0.4) is 0 Å². The summed E-state index contributed by atoms with van der Waals surface area (Å²) in [5.74, 6) is 0.467. The van der Waals surface area contributed by atoms with E-state index < -0.39 is 6.10 Å². The molecule has 0 aliphatic rings. The second-order valence-corrected chi connectivity index (χ2v) is 3.26. The average Bonchev–Trinajstić information content (AvgIpc) is 2.20. The summed E-state index contributed by atoms with van der Waals surface area (Å²) < 4.78 is 5.01. The SMILES string of the molecule is COC(C)C(O)Cc1cccnc1N. The zero-order chi connectivity index (χ0) is 10.6. The molecule has 0 bridgehead atoms. The first kappa shape index (κ1) is 10.9. The van der Waals surface area contributed by atoms with Gasteiger partial charge in [0.25, 0.3) is 0 Å². The van der Waals surface area contributed by atoms with E-state index in [0.29, 0.717) is 12.2 Å². The van der Waals surface area contributed by atoms with Crippen molar-refractivity contribution in [3.05, 3.63) is 23.9 Å². The van der Waals surface area contributed by atoms with Crippen LogP contribution in [0.5, 0.6) is 0 Å². The van der Waals surface area contributed by atoms with Gasteiger partial charge in [-0.1, -0.05) is 6.07 Å². The molecular weight excluding hydrogens is 180 g/mol. The van der Waals surface area contributed by atoms with Crippen LogP contribution in [0.2, 0.25) is 0 Å². The summed E-state index contributed by atoms with van der Waals surface area (Å²) in [6.07, 6.45) is 1.35. The number of pyridine rings is 1. The van der Waals surface area contributed by atoms with Crippen molar-refractivity contribution in [2.75, 3.05) is 12.8 Å². The summed E-state index contributed by atoms with van der Waals surface area (Å²) in [5, 5.41) is 9.69. The first-order chi connectivity index (χ1) is 6.65. The van der Waals surface area contributed by atoms with Gasteiger partial charge in [-0.15, -0.1) is 0 Å². The smallest absolute Gasteiger partial charge is 0.126 e. The second-order valence-electron chi connectivity index (χ2n) is 3.26. The Labute approximate surface area is 83.7 Å². The molecule has 0 spiro atoms. The molecule has 0 saturated carbocycles. The lowest BCUT2D eigenvalue weighted by Crippen LogP contribution is -2.27. The Morgan fingerprint density at radius 3 is 2.93 bits per heavy atom. The van der Waals surface area contributed by atoms with Gasteiger partial charge in [0.15, 0.2) is 0 Å². The van der Waals surface area contributed by atoms with Crippen LogP contribution in [0.4, 0.5) is 5.82 Å². The average molecular weight is 196 g/mol. The topological polar surface area (TPSA) is 68.4 Å². The summed E-state index contributed by atoms with van der Waals surface area (Å²) in [6.45, 7) is 1.82. The van der Waals surface area contributed by atoms with Gasteiger partial charge in [-0.05, 0) is 18.6 Å². The van der Waals surface area contributed by atoms with Crippen LogP contribution in [0.25, 0.3) is 0 Å². The second kappa shape index (κ2) is 4.93. The number of hydrogen-bond donors (Lipinski definition) is 2. The molecule has 14 heavy (non-hydrogen) atoms. The van der Waals surface area contributed by atoms with Crippen molar-refractivity contribution in [3.63, 3.8) is 0 Å². The Morgan fingerprint density at radius 2 is 2.36 bits per heavy atom. The van der Waals surface area contributed by atoms with E-state index in [9.17, 15) is 5.11 Å². The summed E-state index contributed by atoms with van der Waals surface area (Å²) in [5.41, 5.74) is 6.50. The lowest BCUT2D eigenvalue weighted by molar-refractivity contribution is 0.000456. The van der Waals surface area contributed by atoms with Crippen molar-refractivity contribution in [1.29, 1.82) is 0 Å². The van der Waals surface area contributed by atoms with Gasteiger partial charge in [0, 0.05) is 19.7 Å². The van der Waals surface area contributed by atoms with Gasteiger partial charge in [0.05, 0.1) is 12.2 Å². The minimum absolute atomic E-state index is 0.199. The summed E-state index contributed by atoms with van der Waals surface area (Å²) >= 11 is 0. The maximum Gasteiger partial charge on any atom is 0.126 e. The molecule has 1 aromatic rings.